The topological polar surface area (TPSA) is 26.3 Å². The van der Waals surface area contributed by atoms with Crippen LogP contribution in [0.5, 0.6) is 0 Å². The van der Waals surface area contributed by atoms with Crippen molar-refractivity contribution in [2.75, 3.05) is 0 Å². The molecule has 0 spiro atoms. The van der Waals surface area contributed by atoms with Gasteiger partial charge in [0, 0.05) is 6.92 Å². The maximum Gasteiger partial charge on any atom is 0.304 e. The number of hydrogen-bond acceptors (Lipinski definition) is 2. The summed E-state index contributed by atoms with van der Waals surface area (Å²) in [5.41, 5.74) is -0.597. The lowest BCUT2D eigenvalue weighted by Gasteiger charge is -2.20. The van der Waals surface area contributed by atoms with Gasteiger partial charge in [-0.3, -0.25) is 4.79 Å². The van der Waals surface area contributed by atoms with Gasteiger partial charge in [0.25, 0.3) is 0 Å². The zero-order valence-corrected chi connectivity index (χ0v) is 7.52. The van der Waals surface area contributed by atoms with Gasteiger partial charge in [-0.25, -0.2) is 0 Å². The van der Waals surface area contributed by atoms with E-state index in [1.807, 2.05) is 13.8 Å². The molecule has 2 nitrogen and oxygen atoms in total. The van der Waals surface area contributed by atoms with E-state index < -0.39 is 5.60 Å². The van der Waals surface area contributed by atoms with Crippen LogP contribution in [0.3, 0.4) is 0 Å². The quantitative estimate of drug-likeness (QED) is 0.447. The van der Waals surface area contributed by atoms with Gasteiger partial charge in [-0.05, 0) is 20.3 Å². The van der Waals surface area contributed by atoms with Gasteiger partial charge in [0.1, 0.15) is 0 Å². The highest BCUT2D eigenvalue weighted by Gasteiger charge is 2.21. The van der Waals surface area contributed by atoms with E-state index in [1.165, 1.54) is 6.92 Å². The highest BCUT2D eigenvalue weighted by molar-refractivity contribution is 5.67. The molecular weight excluding hydrogens is 140 g/mol. The Morgan fingerprint density at radius 1 is 1.64 bits per heavy atom. The summed E-state index contributed by atoms with van der Waals surface area (Å²) < 4.78 is 5.01. The molecule has 0 amide bonds. The number of carbonyl (C=O) groups excluding carboxylic acids is 1. The Hall–Kier alpha value is -0.970. The Bertz CT molecular complexity index is 197. The van der Waals surface area contributed by atoms with E-state index in [9.17, 15) is 4.79 Å². The highest BCUT2D eigenvalue weighted by Crippen LogP contribution is 2.13. The van der Waals surface area contributed by atoms with Crippen LogP contribution in [-0.2, 0) is 9.53 Å². The van der Waals surface area contributed by atoms with Gasteiger partial charge in [0.2, 0.25) is 0 Å². The Balaban J connectivity index is 4.30. The molecule has 0 N–H and O–H groups in total. The second kappa shape index (κ2) is 4.02. The summed E-state index contributed by atoms with van der Waals surface area (Å²) in [5.74, 6) is 5.30. The minimum atomic E-state index is -0.597. The fourth-order valence-corrected chi connectivity index (χ4v) is 0.768. The lowest BCUT2D eigenvalue weighted by Crippen LogP contribution is -2.27. The molecule has 0 rings (SSSR count). The van der Waals surface area contributed by atoms with E-state index in [0.717, 1.165) is 0 Å². The molecule has 1 unspecified atom stereocenters. The van der Waals surface area contributed by atoms with Crippen LogP contribution in [0.25, 0.3) is 0 Å². The summed E-state index contributed by atoms with van der Waals surface area (Å²) in [7, 11) is 0. The van der Waals surface area contributed by atoms with Gasteiger partial charge < -0.3 is 4.74 Å². The molecule has 0 radical (unpaired) electrons. The van der Waals surface area contributed by atoms with Crippen LogP contribution in [0.1, 0.15) is 34.1 Å². The largest absolute Gasteiger partial charge is 0.446 e. The molecule has 1 atom stereocenters. The van der Waals surface area contributed by atoms with Gasteiger partial charge in [-0.15, -0.1) is 5.92 Å². The Labute approximate surface area is 67.9 Å². The number of hydrogen-bond donors (Lipinski definition) is 0. The van der Waals surface area contributed by atoms with Gasteiger partial charge in [-0.1, -0.05) is 12.8 Å². The first-order chi connectivity index (χ1) is 5.04. The summed E-state index contributed by atoms with van der Waals surface area (Å²) in [5, 5.41) is 0. The van der Waals surface area contributed by atoms with E-state index >= 15 is 0 Å². The molecule has 0 saturated heterocycles. The molecule has 0 saturated carbocycles. The standard InChI is InChI=1S/C9H14O2/c1-5-7-9(4,6-2)11-8(3)10/h6H2,1-4H3. The molecule has 62 valence electrons. The molecule has 0 aromatic rings. The van der Waals surface area contributed by atoms with Crippen molar-refractivity contribution < 1.29 is 9.53 Å². The molecule has 0 heterocycles. The molecule has 0 aliphatic heterocycles. The lowest BCUT2D eigenvalue weighted by molar-refractivity contribution is -0.150. The molecular formula is C9H14O2. The lowest BCUT2D eigenvalue weighted by atomic mass is 10.0. The molecule has 0 aromatic heterocycles. The third-order valence-corrected chi connectivity index (χ3v) is 1.43. The minimum Gasteiger partial charge on any atom is -0.446 e. The second-order valence-corrected chi connectivity index (χ2v) is 2.55. The molecule has 0 bridgehead atoms. The van der Waals surface area contributed by atoms with E-state index in [-0.39, 0.29) is 5.97 Å². The molecule has 0 fully saturated rings. The van der Waals surface area contributed by atoms with Crippen molar-refractivity contribution >= 4 is 5.97 Å². The van der Waals surface area contributed by atoms with Gasteiger partial charge in [-0.2, -0.15) is 0 Å². The van der Waals surface area contributed by atoms with Gasteiger partial charge in [0.15, 0.2) is 5.60 Å². The van der Waals surface area contributed by atoms with Crippen molar-refractivity contribution in [2.45, 2.75) is 39.7 Å². The van der Waals surface area contributed by atoms with Crippen molar-refractivity contribution in [1.82, 2.24) is 0 Å². The van der Waals surface area contributed by atoms with Gasteiger partial charge >= 0.3 is 5.97 Å². The molecule has 0 aliphatic carbocycles. The monoisotopic (exact) mass is 154 g/mol. The maximum atomic E-state index is 10.6. The summed E-state index contributed by atoms with van der Waals surface area (Å²) in [6, 6.07) is 0. The zero-order chi connectivity index (χ0) is 8.91. The third-order valence-electron chi connectivity index (χ3n) is 1.43. The van der Waals surface area contributed by atoms with Crippen LogP contribution in [0.2, 0.25) is 0 Å². The molecule has 0 aliphatic rings. The average molecular weight is 154 g/mol. The fourth-order valence-electron chi connectivity index (χ4n) is 0.768. The van der Waals surface area contributed by atoms with Crippen molar-refractivity contribution in [3.8, 4) is 11.8 Å². The van der Waals surface area contributed by atoms with Crippen LogP contribution in [0.4, 0.5) is 0 Å². The van der Waals surface area contributed by atoms with Crippen molar-refractivity contribution in [1.29, 1.82) is 0 Å². The summed E-state index contributed by atoms with van der Waals surface area (Å²) in [6.07, 6.45) is 0.716. The summed E-state index contributed by atoms with van der Waals surface area (Å²) in [6.45, 7) is 6.88. The SMILES string of the molecule is CC#CC(C)(CC)OC(C)=O. The number of ether oxygens (including phenoxy) is 1. The average Bonchev–Trinajstić information content (AvgIpc) is 1.87. The maximum absolute atomic E-state index is 10.6. The normalized spacial score (nSPS) is 14.2. The zero-order valence-electron chi connectivity index (χ0n) is 7.52. The predicted molar refractivity (Wildman–Crippen MR) is 43.9 cm³/mol. The van der Waals surface area contributed by atoms with Crippen LogP contribution in [0.15, 0.2) is 0 Å². The van der Waals surface area contributed by atoms with Crippen molar-refractivity contribution in [2.24, 2.45) is 0 Å². The Kier molecular flexibility index (Phi) is 3.67. The predicted octanol–water partition coefficient (Wildman–Crippen LogP) is 1.74. The van der Waals surface area contributed by atoms with Crippen LogP contribution < -0.4 is 0 Å². The smallest absolute Gasteiger partial charge is 0.304 e. The van der Waals surface area contributed by atoms with Crippen LogP contribution in [-0.4, -0.2) is 11.6 Å². The number of rotatable bonds is 2. The third kappa shape index (κ3) is 3.67. The molecule has 0 aromatic carbocycles. The second-order valence-electron chi connectivity index (χ2n) is 2.55. The first-order valence-electron chi connectivity index (χ1n) is 3.67. The Morgan fingerprint density at radius 2 is 2.18 bits per heavy atom. The highest BCUT2D eigenvalue weighted by atomic mass is 16.6. The van der Waals surface area contributed by atoms with E-state index in [0.29, 0.717) is 6.42 Å². The molecule has 11 heavy (non-hydrogen) atoms. The first-order valence-corrected chi connectivity index (χ1v) is 3.67. The number of esters is 1. The number of carbonyl (C=O) groups is 1. The van der Waals surface area contributed by atoms with E-state index in [4.69, 9.17) is 4.74 Å². The van der Waals surface area contributed by atoms with E-state index in [1.54, 1.807) is 6.92 Å². The van der Waals surface area contributed by atoms with E-state index in [2.05, 4.69) is 11.8 Å². The molecule has 2 heteroatoms. The van der Waals surface area contributed by atoms with Crippen LogP contribution >= 0.6 is 0 Å². The Morgan fingerprint density at radius 3 is 2.45 bits per heavy atom. The minimum absolute atomic E-state index is 0.280. The van der Waals surface area contributed by atoms with Gasteiger partial charge in [0.05, 0.1) is 0 Å². The van der Waals surface area contributed by atoms with Crippen molar-refractivity contribution in [3.05, 3.63) is 0 Å². The van der Waals surface area contributed by atoms with Crippen molar-refractivity contribution in [3.63, 3.8) is 0 Å². The fraction of sp³-hybridized carbons (Fsp3) is 0.667. The summed E-state index contributed by atoms with van der Waals surface area (Å²) >= 11 is 0. The van der Waals surface area contributed by atoms with Crippen LogP contribution in [0, 0.1) is 11.8 Å². The summed E-state index contributed by atoms with van der Waals surface area (Å²) in [4.78, 5) is 10.6. The first kappa shape index (κ1) is 10.0.